The zero-order chi connectivity index (χ0) is 13.7. The summed E-state index contributed by atoms with van der Waals surface area (Å²) >= 11 is 5.89. The summed E-state index contributed by atoms with van der Waals surface area (Å²) in [6.07, 6.45) is 1.99. The first-order valence-corrected chi connectivity index (χ1v) is 6.87. The lowest BCUT2D eigenvalue weighted by molar-refractivity contribution is 0.110. The Morgan fingerprint density at radius 1 is 1.47 bits per heavy atom. The maximum absolute atomic E-state index is 12.1. The van der Waals surface area contributed by atoms with E-state index in [0.29, 0.717) is 10.9 Å². The van der Waals surface area contributed by atoms with Crippen LogP contribution in [0, 0.1) is 5.92 Å². The van der Waals surface area contributed by atoms with E-state index in [1.165, 1.54) is 0 Å². The van der Waals surface area contributed by atoms with Crippen molar-refractivity contribution in [2.45, 2.75) is 12.8 Å². The standard InChI is InChI=1S/C14H19ClN2O2/c1-19-10-11-5-7-17(8-6-11)14(18)16-13-4-2-3-12(15)9-13/h2-4,9,11H,5-8,10H2,1H3,(H,16,18). The Kier molecular flexibility index (Phi) is 5.05. The smallest absolute Gasteiger partial charge is 0.321 e. The Morgan fingerprint density at radius 3 is 2.84 bits per heavy atom. The van der Waals surface area contributed by atoms with Crippen LogP contribution in [0.4, 0.5) is 10.5 Å². The molecule has 0 atom stereocenters. The van der Waals surface area contributed by atoms with E-state index < -0.39 is 0 Å². The highest BCUT2D eigenvalue weighted by Crippen LogP contribution is 2.19. The molecular weight excluding hydrogens is 264 g/mol. The van der Waals surface area contributed by atoms with Gasteiger partial charge in [-0.25, -0.2) is 4.79 Å². The third-order valence-electron chi connectivity index (χ3n) is 3.38. The van der Waals surface area contributed by atoms with Crippen LogP contribution >= 0.6 is 11.6 Å². The molecule has 19 heavy (non-hydrogen) atoms. The zero-order valence-electron chi connectivity index (χ0n) is 11.1. The largest absolute Gasteiger partial charge is 0.384 e. The predicted octanol–water partition coefficient (Wildman–Crippen LogP) is 3.23. The Morgan fingerprint density at radius 2 is 2.21 bits per heavy atom. The molecule has 0 aromatic heterocycles. The number of piperidine rings is 1. The van der Waals surface area contributed by atoms with E-state index in [2.05, 4.69) is 5.32 Å². The summed E-state index contributed by atoms with van der Waals surface area (Å²) in [6.45, 7) is 2.34. The fourth-order valence-corrected chi connectivity index (χ4v) is 2.50. The molecule has 0 bridgehead atoms. The van der Waals surface area contributed by atoms with Crippen molar-refractivity contribution in [3.05, 3.63) is 29.3 Å². The highest BCUT2D eigenvalue weighted by atomic mass is 35.5. The molecule has 1 aromatic rings. The summed E-state index contributed by atoms with van der Waals surface area (Å²) in [5.41, 5.74) is 0.733. The first kappa shape index (κ1) is 14.2. The lowest BCUT2D eigenvalue weighted by Gasteiger charge is -2.31. The summed E-state index contributed by atoms with van der Waals surface area (Å²) in [6, 6.07) is 7.13. The number of carbonyl (C=O) groups excluding carboxylic acids is 1. The van der Waals surface area contributed by atoms with Crippen molar-refractivity contribution in [1.29, 1.82) is 0 Å². The average molecular weight is 283 g/mol. The highest BCUT2D eigenvalue weighted by Gasteiger charge is 2.22. The molecule has 1 saturated heterocycles. The van der Waals surface area contributed by atoms with Gasteiger partial charge in [0.2, 0.25) is 0 Å². The van der Waals surface area contributed by atoms with Gasteiger partial charge in [-0.2, -0.15) is 0 Å². The average Bonchev–Trinajstić information content (AvgIpc) is 2.40. The lowest BCUT2D eigenvalue weighted by atomic mass is 9.98. The van der Waals surface area contributed by atoms with Gasteiger partial charge in [-0.15, -0.1) is 0 Å². The normalized spacial score (nSPS) is 16.4. The van der Waals surface area contributed by atoms with Crippen LogP contribution in [0.5, 0.6) is 0 Å². The van der Waals surface area contributed by atoms with Gasteiger partial charge in [0.1, 0.15) is 0 Å². The third kappa shape index (κ3) is 4.11. The van der Waals surface area contributed by atoms with Crippen molar-refractivity contribution in [3.63, 3.8) is 0 Å². The first-order chi connectivity index (χ1) is 9.19. The number of hydrogen-bond donors (Lipinski definition) is 1. The molecule has 1 N–H and O–H groups in total. The Hall–Kier alpha value is -1.26. The van der Waals surface area contributed by atoms with E-state index in [1.54, 1.807) is 19.2 Å². The quantitative estimate of drug-likeness (QED) is 0.925. The number of nitrogens with one attached hydrogen (secondary N) is 1. The molecule has 4 nitrogen and oxygen atoms in total. The first-order valence-electron chi connectivity index (χ1n) is 6.49. The molecule has 0 aliphatic carbocycles. The monoisotopic (exact) mass is 282 g/mol. The number of likely N-dealkylation sites (tertiary alicyclic amines) is 1. The van der Waals surface area contributed by atoms with Gasteiger partial charge >= 0.3 is 6.03 Å². The number of methoxy groups -OCH3 is 1. The van der Waals surface area contributed by atoms with Gasteiger partial charge in [0, 0.05) is 37.5 Å². The predicted molar refractivity (Wildman–Crippen MR) is 76.6 cm³/mol. The van der Waals surface area contributed by atoms with E-state index in [-0.39, 0.29) is 6.03 Å². The van der Waals surface area contributed by atoms with E-state index in [9.17, 15) is 4.79 Å². The van der Waals surface area contributed by atoms with Crippen LogP contribution in [0.1, 0.15) is 12.8 Å². The van der Waals surface area contributed by atoms with Crippen LogP contribution in [0.3, 0.4) is 0 Å². The Balaban J connectivity index is 1.84. The van der Waals surface area contributed by atoms with Crippen LogP contribution in [-0.4, -0.2) is 37.7 Å². The second-order valence-corrected chi connectivity index (χ2v) is 5.26. The Labute approximate surface area is 118 Å². The summed E-state index contributed by atoms with van der Waals surface area (Å²) in [5.74, 6) is 0.570. The number of hydrogen-bond acceptors (Lipinski definition) is 2. The zero-order valence-corrected chi connectivity index (χ0v) is 11.8. The second kappa shape index (κ2) is 6.78. The Bertz CT molecular complexity index is 431. The molecule has 1 heterocycles. The minimum absolute atomic E-state index is 0.0573. The molecule has 1 fully saturated rings. The number of ether oxygens (including phenoxy) is 1. The van der Waals surface area contributed by atoms with Gasteiger partial charge in [-0.1, -0.05) is 17.7 Å². The minimum atomic E-state index is -0.0573. The van der Waals surface area contributed by atoms with E-state index >= 15 is 0 Å². The van der Waals surface area contributed by atoms with Gasteiger partial charge in [0.25, 0.3) is 0 Å². The molecule has 1 aliphatic heterocycles. The summed E-state index contributed by atoms with van der Waals surface area (Å²) < 4.78 is 5.15. The van der Waals surface area contributed by atoms with Crippen molar-refractivity contribution in [2.24, 2.45) is 5.92 Å². The summed E-state index contributed by atoms with van der Waals surface area (Å²) in [5, 5.41) is 3.49. The van der Waals surface area contributed by atoms with Gasteiger partial charge in [-0.3, -0.25) is 0 Å². The number of anilines is 1. The SMILES string of the molecule is COCC1CCN(C(=O)Nc2cccc(Cl)c2)CC1. The van der Waals surface area contributed by atoms with Crippen molar-refractivity contribution < 1.29 is 9.53 Å². The van der Waals surface area contributed by atoms with E-state index in [4.69, 9.17) is 16.3 Å². The molecule has 104 valence electrons. The molecule has 0 radical (unpaired) electrons. The number of amides is 2. The summed E-state index contributed by atoms with van der Waals surface area (Å²) in [4.78, 5) is 13.9. The number of urea groups is 1. The molecule has 1 aromatic carbocycles. The number of nitrogens with zero attached hydrogens (tertiary/aromatic N) is 1. The fraction of sp³-hybridized carbons (Fsp3) is 0.500. The molecule has 2 rings (SSSR count). The third-order valence-corrected chi connectivity index (χ3v) is 3.62. The van der Waals surface area contributed by atoms with Crippen molar-refractivity contribution >= 4 is 23.3 Å². The highest BCUT2D eigenvalue weighted by molar-refractivity contribution is 6.30. The van der Waals surface area contributed by atoms with Crippen LogP contribution < -0.4 is 5.32 Å². The van der Waals surface area contributed by atoms with Crippen molar-refractivity contribution in [2.75, 3.05) is 32.1 Å². The maximum atomic E-state index is 12.1. The number of halogens is 1. The molecule has 1 aliphatic rings. The summed E-state index contributed by atoms with van der Waals surface area (Å²) in [7, 11) is 1.72. The maximum Gasteiger partial charge on any atom is 0.321 e. The van der Waals surface area contributed by atoms with Gasteiger partial charge in [0.15, 0.2) is 0 Å². The molecular formula is C14H19ClN2O2. The van der Waals surface area contributed by atoms with E-state index in [0.717, 1.165) is 38.2 Å². The molecule has 5 heteroatoms. The van der Waals surface area contributed by atoms with Crippen LogP contribution in [0.2, 0.25) is 5.02 Å². The van der Waals surface area contributed by atoms with E-state index in [1.807, 2.05) is 17.0 Å². The number of benzene rings is 1. The fourth-order valence-electron chi connectivity index (χ4n) is 2.31. The lowest BCUT2D eigenvalue weighted by Crippen LogP contribution is -2.41. The van der Waals surface area contributed by atoms with Gasteiger partial charge in [-0.05, 0) is 37.0 Å². The van der Waals surface area contributed by atoms with Crippen molar-refractivity contribution in [1.82, 2.24) is 4.90 Å². The van der Waals surface area contributed by atoms with Crippen LogP contribution in [0.25, 0.3) is 0 Å². The van der Waals surface area contributed by atoms with Crippen LogP contribution in [-0.2, 0) is 4.74 Å². The van der Waals surface area contributed by atoms with Crippen molar-refractivity contribution in [3.8, 4) is 0 Å². The van der Waals surface area contributed by atoms with Gasteiger partial charge < -0.3 is 15.0 Å². The molecule has 2 amide bonds. The molecule has 0 unspecified atom stereocenters. The molecule has 0 saturated carbocycles. The molecule has 0 spiro atoms. The minimum Gasteiger partial charge on any atom is -0.384 e. The van der Waals surface area contributed by atoms with Gasteiger partial charge in [0.05, 0.1) is 0 Å². The second-order valence-electron chi connectivity index (χ2n) is 4.83. The number of rotatable bonds is 3. The number of carbonyl (C=O) groups is 1. The topological polar surface area (TPSA) is 41.6 Å². The van der Waals surface area contributed by atoms with Crippen LogP contribution in [0.15, 0.2) is 24.3 Å².